The van der Waals surface area contributed by atoms with Gasteiger partial charge in [0, 0.05) is 11.9 Å². The zero-order valence-corrected chi connectivity index (χ0v) is 11.1. The summed E-state index contributed by atoms with van der Waals surface area (Å²) in [5.74, 6) is 0.590. The molecule has 0 aliphatic rings. The molecule has 0 amide bonds. The lowest BCUT2D eigenvalue weighted by Crippen LogP contribution is -2.05. The van der Waals surface area contributed by atoms with Gasteiger partial charge in [0.25, 0.3) is 0 Å². The highest BCUT2D eigenvalue weighted by molar-refractivity contribution is 5.88. The molecular weight excluding hydrogens is 226 g/mol. The Morgan fingerprint density at radius 2 is 2.28 bits per heavy atom. The van der Waals surface area contributed by atoms with Crippen LogP contribution in [0.15, 0.2) is 29.6 Å². The summed E-state index contributed by atoms with van der Waals surface area (Å²) >= 11 is 0. The van der Waals surface area contributed by atoms with E-state index in [0.717, 1.165) is 23.0 Å². The molecule has 0 unspecified atom stereocenters. The molecule has 1 aromatic heterocycles. The minimum atomic E-state index is 0.588. The fourth-order valence-electron chi connectivity index (χ4n) is 1.85. The largest absolute Gasteiger partial charge is 0.396 e. The Labute approximate surface area is 107 Å². The van der Waals surface area contributed by atoms with Crippen LogP contribution in [0.1, 0.15) is 26.3 Å². The Kier molecular flexibility index (Phi) is 3.97. The third kappa shape index (κ3) is 2.88. The molecule has 0 saturated heterocycles. The van der Waals surface area contributed by atoms with Gasteiger partial charge >= 0.3 is 0 Å². The van der Waals surface area contributed by atoms with Crippen LogP contribution in [0.5, 0.6) is 0 Å². The van der Waals surface area contributed by atoms with E-state index in [2.05, 4.69) is 36.2 Å². The SMILES string of the molecule is CCO/N=C/c1ccc2c(cnn2CC(C)C)c1. The maximum Gasteiger partial charge on any atom is 0.114 e. The molecule has 0 N–H and O–H groups in total. The fraction of sp³-hybridized carbons (Fsp3) is 0.429. The lowest BCUT2D eigenvalue weighted by atomic mass is 10.1. The Hall–Kier alpha value is -1.84. The summed E-state index contributed by atoms with van der Waals surface area (Å²) in [5.41, 5.74) is 2.19. The highest BCUT2D eigenvalue weighted by atomic mass is 16.6. The lowest BCUT2D eigenvalue weighted by molar-refractivity contribution is 0.160. The quantitative estimate of drug-likeness (QED) is 0.600. The van der Waals surface area contributed by atoms with Crippen molar-refractivity contribution in [1.82, 2.24) is 9.78 Å². The van der Waals surface area contributed by atoms with Gasteiger partial charge in [0.05, 0.1) is 17.9 Å². The van der Waals surface area contributed by atoms with Gasteiger partial charge in [-0.15, -0.1) is 0 Å². The van der Waals surface area contributed by atoms with Crippen LogP contribution in [0, 0.1) is 5.92 Å². The van der Waals surface area contributed by atoms with Crippen LogP contribution in [-0.2, 0) is 11.4 Å². The molecule has 0 aliphatic carbocycles. The van der Waals surface area contributed by atoms with Gasteiger partial charge in [-0.25, -0.2) is 0 Å². The van der Waals surface area contributed by atoms with Crippen LogP contribution in [0.25, 0.3) is 10.9 Å². The first-order valence-electron chi connectivity index (χ1n) is 6.31. The van der Waals surface area contributed by atoms with E-state index < -0.39 is 0 Å². The summed E-state index contributed by atoms with van der Waals surface area (Å²) in [4.78, 5) is 4.96. The first-order chi connectivity index (χ1) is 8.70. The van der Waals surface area contributed by atoms with E-state index in [-0.39, 0.29) is 0 Å². The van der Waals surface area contributed by atoms with Gasteiger partial charge in [0.2, 0.25) is 0 Å². The minimum absolute atomic E-state index is 0.588. The molecule has 2 aromatic rings. The molecule has 96 valence electrons. The lowest BCUT2D eigenvalue weighted by Gasteiger charge is -2.06. The smallest absolute Gasteiger partial charge is 0.114 e. The van der Waals surface area contributed by atoms with Crippen molar-refractivity contribution in [3.8, 4) is 0 Å². The van der Waals surface area contributed by atoms with E-state index in [4.69, 9.17) is 4.84 Å². The number of benzene rings is 1. The molecule has 4 heteroatoms. The van der Waals surface area contributed by atoms with Crippen molar-refractivity contribution < 1.29 is 4.84 Å². The summed E-state index contributed by atoms with van der Waals surface area (Å²) in [6, 6.07) is 6.18. The number of aromatic nitrogens is 2. The number of rotatable bonds is 5. The normalized spacial score (nSPS) is 11.8. The third-order valence-corrected chi connectivity index (χ3v) is 2.61. The van der Waals surface area contributed by atoms with E-state index in [9.17, 15) is 0 Å². The molecular formula is C14H19N3O. The van der Waals surface area contributed by atoms with Gasteiger partial charge in [-0.05, 0) is 30.5 Å². The van der Waals surface area contributed by atoms with Crippen molar-refractivity contribution in [3.63, 3.8) is 0 Å². The highest BCUT2D eigenvalue weighted by Gasteiger charge is 2.04. The number of hydrogen-bond donors (Lipinski definition) is 0. The van der Waals surface area contributed by atoms with Crippen molar-refractivity contribution in [2.75, 3.05) is 6.61 Å². The van der Waals surface area contributed by atoms with Crippen LogP contribution in [-0.4, -0.2) is 22.6 Å². The summed E-state index contributed by atoms with van der Waals surface area (Å²) < 4.78 is 2.05. The Bertz CT molecular complexity index is 543. The summed E-state index contributed by atoms with van der Waals surface area (Å²) in [5, 5.41) is 9.42. The molecule has 0 saturated carbocycles. The fourth-order valence-corrected chi connectivity index (χ4v) is 1.85. The number of fused-ring (bicyclic) bond motifs is 1. The summed E-state index contributed by atoms with van der Waals surface area (Å²) in [6.45, 7) is 7.82. The van der Waals surface area contributed by atoms with Crippen LogP contribution < -0.4 is 0 Å². The van der Waals surface area contributed by atoms with Crippen molar-refractivity contribution in [2.24, 2.45) is 11.1 Å². The summed E-state index contributed by atoms with van der Waals surface area (Å²) in [7, 11) is 0. The number of hydrogen-bond acceptors (Lipinski definition) is 3. The zero-order valence-electron chi connectivity index (χ0n) is 11.1. The first kappa shape index (κ1) is 12.6. The molecule has 0 spiro atoms. The predicted octanol–water partition coefficient (Wildman–Crippen LogP) is 3.06. The van der Waals surface area contributed by atoms with Gasteiger partial charge in [-0.2, -0.15) is 5.10 Å². The molecule has 0 aliphatic heterocycles. The maximum absolute atomic E-state index is 4.96. The minimum Gasteiger partial charge on any atom is -0.396 e. The van der Waals surface area contributed by atoms with Gasteiger partial charge in [-0.1, -0.05) is 25.1 Å². The van der Waals surface area contributed by atoms with Crippen LogP contribution in [0.4, 0.5) is 0 Å². The zero-order chi connectivity index (χ0) is 13.0. The predicted molar refractivity (Wildman–Crippen MR) is 73.8 cm³/mol. The van der Waals surface area contributed by atoms with E-state index >= 15 is 0 Å². The molecule has 0 radical (unpaired) electrons. The molecule has 1 heterocycles. The van der Waals surface area contributed by atoms with E-state index in [0.29, 0.717) is 12.5 Å². The Morgan fingerprint density at radius 3 is 3.00 bits per heavy atom. The molecule has 1 aromatic carbocycles. The van der Waals surface area contributed by atoms with Crippen molar-refractivity contribution >= 4 is 17.1 Å². The second-order valence-electron chi connectivity index (χ2n) is 4.69. The monoisotopic (exact) mass is 245 g/mol. The molecule has 0 fully saturated rings. The molecule has 18 heavy (non-hydrogen) atoms. The maximum atomic E-state index is 4.96. The first-order valence-corrected chi connectivity index (χ1v) is 6.31. The van der Waals surface area contributed by atoms with Gasteiger partial charge in [-0.3, -0.25) is 4.68 Å². The van der Waals surface area contributed by atoms with Gasteiger partial charge < -0.3 is 4.84 Å². The van der Waals surface area contributed by atoms with E-state index in [1.807, 2.05) is 23.9 Å². The van der Waals surface area contributed by atoms with Gasteiger partial charge in [0.1, 0.15) is 6.61 Å². The highest BCUT2D eigenvalue weighted by Crippen LogP contribution is 2.16. The second kappa shape index (κ2) is 5.67. The van der Waals surface area contributed by atoms with Crippen LogP contribution >= 0.6 is 0 Å². The van der Waals surface area contributed by atoms with Crippen molar-refractivity contribution in [2.45, 2.75) is 27.3 Å². The molecule has 4 nitrogen and oxygen atoms in total. The Balaban J connectivity index is 2.25. The number of nitrogens with zero attached hydrogens (tertiary/aromatic N) is 3. The molecule has 0 atom stereocenters. The topological polar surface area (TPSA) is 39.4 Å². The summed E-state index contributed by atoms with van der Waals surface area (Å²) in [6.07, 6.45) is 3.62. The second-order valence-corrected chi connectivity index (χ2v) is 4.69. The van der Waals surface area contributed by atoms with Crippen molar-refractivity contribution in [3.05, 3.63) is 30.0 Å². The third-order valence-electron chi connectivity index (χ3n) is 2.61. The van der Waals surface area contributed by atoms with E-state index in [1.54, 1.807) is 6.21 Å². The van der Waals surface area contributed by atoms with Crippen LogP contribution in [0.2, 0.25) is 0 Å². The standard InChI is InChI=1S/C14H19N3O/c1-4-18-16-8-12-5-6-14-13(7-12)9-15-17(14)10-11(2)3/h5-9,11H,4,10H2,1-3H3/b16-8+. The van der Waals surface area contributed by atoms with Crippen molar-refractivity contribution in [1.29, 1.82) is 0 Å². The van der Waals surface area contributed by atoms with E-state index in [1.165, 1.54) is 0 Å². The average Bonchev–Trinajstić information content (AvgIpc) is 2.72. The van der Waals surface area contributed by atoms with Crippen LogP contribution in [0.3, 0.4) is 0 Å². The number of oxime groups is 1. The molecule has 2 rings (SSSR count). The molecule has 0 bridgehead atoms. The average molecular weight is 245 g/mol. The van der Waals surface area contributed by atoms with Gasteiger partial charge in [0.15, 0.2) is 0 Å². The Morgan fingerprint density at radius 1 is 1.44 bits per heavy atom.